The van der Waals surface area contributed by atoms with Gasteiger partial charge in [-0.2, -0.15) is 0 Å². The van der Waals surface area contributed by atoms with E-state index in [1.54, 1.807) is 32.9 Å². The van der Waals surface area contributed by atoms with Gasteiger partial charge in [0, 0.05) is 38.4 Å². The van der Waals surface area contributed by atoms with Gasteiger partial charge >= 0.3 is 0 Å². The lowest BCUT2D eigenvalue weighted by Gasteiger charge is -2.32. The SMILES string of the molecule is O=CN1CCN(C(=O)c2cccc(C(=O)N3CCc4ccccc43)n2)CC1. The average Bonchev–Trinajstić information content (AvgIpc) is 3.17. The summed E-state index contributed by atoms with van der Waals surface area (Å²) < 4.78 is 0. The summed E-state index contributed by atoms with van der Waals surface area (Å²) in [5.74, 6) is -0.405. The fourth-order valence-corrected chi connectivity index (χ4v) is 3.55. The number of carbonyl (C=O) groups excluding carboxylic acids is 3. The number of aromatic nitrogens is 1. The van der Waals surface area contributed by atoms with Crippen molar-refractivity contribution in [3.05, 3.63) is 59.4 Å². The second-order valence-electron chi connectivity index (χ2n) is 6.68. The molecule has 3 heterocycles. The third kappa shape index (κ3) is 3.28. The number of hydrogen-bond acceptors (Lipinski definition) is 4. The molecule has 1 aromatic carbocycles. The third-order valence-corrected chi connectivity index (χ3v) is 5.07. The Morgan fingerprint density at radius 1 is 0.852 bits per heavy atom. The molecular weight excluding hydrogens is 344 g/mol. The van der Waals surface area contributed by atoms with Gasteiger partial charge in [-0.15, -0.1) is 0 Å². The van der Waals surface area contributed by atoms with Crippen molar-refractivity contribution in [1.29, 1.82) is 0 Å². The van der Waals surface area contributed by atoms with E-state index in [0.29, 0.717) is 32.7 Å². The number of piperazine rings is 1. The molecule has 1 fully saturated rings. The van der Waals surface area contributed by atoms with Crippen molar-refractivity contribution in [2.45, 2.75) is 6.42 Å². The summed E-state index contributed by atoms with van der Waals surface area (Å²) in [6, 6.07) is 12.8. The lowest BCUT2D eigenvalue weighted by atomic mass is 10.2. The fourth-order valence-electron chi connectivity index (χ4n) is 3.55. The minimum Gasteiger partial charge on any atom is -0.342 e. The molecule has 4 rings (SSSR count). The minimum atomic E-state index is -0.211. The molecule has 138 valence electrons. The van der Waals surface area contributed by atoms with Crippen LogP contribution >= 0.6 is 0 Å². The number of rotatable bonds is 3. The van der Waals surface area contributed by atoms with Crippen molar-refractivity contribution < 1.29 is 14.4 Å². The molecule has 0 atom stereocenters. The number of carbonyl (C=O) groups is 3. The molecular formula is C20H20N4O3. The van der Waals surface area contributed by atoms with Crippen LogP contribution in [0.2, 0.25) is 0 Å². The molecule has 0 saturated carbocycles. The first-order valence-corrected chi connectivity index (χ1v) is 9.03. The summed E-state index contributed by atoms with van der Waals surface area (Å²) in [7, 11) is 0. The van der Waals surface area contributed by atoms with E-state index >= 15 is 0 Å². The normalized spacial score (nSPS) is 16.2. The van der Waals surface area contributed by atoms with Crippen LogP contribution in [0.25, 0.3) is 0 Å². The van der Waals surface area contributed by atoms with Gasteiger partial charge in [-0.25, -0.2) is 4.98 Å². The number of para-hydroxylation sites is 1. The molecule has 1 aromatic heterocycles. The highest BCUT2D eigenvalue weighted by molar-refractivity contribution is 6.06. The molecule has 2 aliphatic heterocycles. The van der Waals surface area contributed by atoms with Crippen LogP contribution in [0.4, 0.5) is 5.69 Å². The first kappa shape index (κ1) is 17.2. The van der Waals surface area contributed by atoms with Crippen LogP contribution in [-0.2, 0) is 11.2 Å². The number of hydrogen-bond donors (Lipinski definition) is 0. The van der Waals surface area contributed by atoms with Crippen LogP contribution in [0.3, 0.4) is 0 Å². The first-order valence-electron chi connectivity index (χ1n) is 9.03. The summed E-state index contributed by atoms with van der Waals surface area (Å²) in [5, 5.41) is 0. The summed E-state index contributed by atoms with van der Waals surface area (Å²) in [6.07, 6.45) is 1.62. The first-order chi connectivity index (χ1) is 13.2. The van der Waals surface area contributed by atoms with Crippen LogP contribution in [0, 0.1) is 0 Å². The monoisotopic (exact) mass is 364 g/mol. The van der Waals surface area contributed by atoms with Crippen molar-refractivity contribution in [3.63, 3.8) is 0 Å². The topological polar surface area (TPSA) is 73.8 Å². The molecule has 27 heavy (non-hydrogen) atoms. The van der Waals surface area contributed by atoms with Crippen molar-refractivity contribution in [1.82, 2.24) is 14.8 Å². The Morgan fingerprint density at radius 3 is 2.30 bits per heavy atom. The van der Waals surface area contributed by atoms with E-state index in [0.717, 1.165) is 24.1 Å². The van der Waals surface area contributed by atoms with Gasteiger partial charge in [0.2, 0.25) is 6.41 Å². The van der Waals surface area contributed by atoms with Gasteiger partial charge in [0.25, 0.3) is 11.8 Å². The van der Waals surface area contributed by atoms with E-state index in [-0.39, 0.29) is 23.2 Å². The van der Waals surface area contributed by atoms with Gasteiger partial charge < -0.3 is 14.7 Å². The molecule has 0 bridgehead atoms. The van der Waals surface area contributed by atoms with Gasteiger partial charge in [0.1, 0.15) is 11.4 Å². The quantitative estimate of drug-likeness (QED) is 0.767. The standard InChI is InChI=1S/C20H20N4O3/c25-14-22-10-12-23(13-11-22)19(26)16-5-3-6-17(21-16)20(27)24-9-8-15-4-1-2-7-18(15)24/h1-7,14H,8-13H2. The zero-order valence-corrected chi connectivity index (χ0v) is 14.9. The predicted molar refractivity (Wildman–Crippen MR) is 99.6 cm³/mol. The zero-order valence-electron chi connectivity index (χ0n) is 14.9. The maximum atomic E-state index is 12.9. The zero-order chi connectivity index (χ0) is 18.8. The Morgan fingerprint density at radius 2 is 1.56 bits per heavy atom. The van der Waals surface area contributed by atoms with E-state index < -0.39 is 0 Å². The van der Waals surface area contributed by atoms with Gasteiger partial charge in [0.15, 0.2) is 0 Å². The number of pyridine rings is 1. The van der Waals surface area contributed by atoms with Crippen molar-refractivity contribution in [2.75, 3.05) is 37.6 Å². The lowest BCUT2D eigenvalue weighted by Crippen LogP contribution is -2.48. The van der Waals surface area contributed by atoms with E-state index in [2.05, 4.69) is 4.98 Å². The number of benzene rings is 1. The molecule has 0 N–H and O–H groups in total. The predicted octanol–water partition coefficient (Wildman–Crippen LogP) is 1.20. The largest absolute Gasteiger partial charge is 0.342 e. The summed E-state index contributed by atoms with van der Waals surface area (Å²) >= 11 is 0. The second-order valence-corrected chi connectivity index (χ2v) is 6.68. The summed E-state index contributed by atoms with van der Waals surface area (Å²) in [6.45, 7) is 2.58. The number of nitrogens with zero attached hydrogens (tertiary/aromatic N) is 4. The van der Waals surface area contributed by atoms with Gasteiger partial charge in [0.05, 0.1) is 0 Å². The van der Waals surface area contributed by atoms with Crippen LogP contribution in [0.15, 0.2) is 42.5 Å². The smallest absolute Gasteiger partial charge is 0.276 e. The van der Waals surface area contributed by atoms with Crippen LogP contribution < -0.4 is 4.90 Å². The molecule has 0 radical (unpaired) electrons. The summed E-state index contributed by atoms with van der Waals surface area (Å²) in [4.78, 5) is 45.8. The Kier molecular flexibility index (Phi) is 4.58. The fraction of sp³-hybridized carbons (Fsp3) is 0.300. The maximum absolute atomic E-state index is 12.9. The molecule has 1 saturated heterocycles. The van der Waals surface area contributed by atoms with Gasteiger partial charge in [-0.1, -0.05) is 24.3 Å². The molecule has 2 aromatic rings. The molecule has 0 aliphatic carbocycles. The van der Waals surface area contributed by atoms with E-state index in [4.69, 9.17) is 0 Å². The molecule has 7 nitrogen and oxygen atoms in total. The van der Waals surface area contributed by atoms with E-state index in [1.807, 2.05) is 24.3 Å². The minimum absolute atomic E-state index is 0.194. The summed E-state index contributed by atoms with van der Waals surface area (Å²) in [5.41, 5.74) is 2.58. The highest BCUT2D eigenvalue weighted by Gasteiger charge is 2.27. The van der Waals surface area contributed by atoms with Gasteiger partial charge in [-0.3, -0.25) is 14.4 Å². The Balaban J connectivity index is 1.52. The van der Waals surface area contributed by atoms with Crippen molar-refractivity contribution in [2.24, 2.45) is 0 Å². The lowest BCUT2D eigenvalue weighted by molar-refractivity contribution is -0.119. The molecule has 7 heteroatoms. The molecule has 2 aliphatic rings. The van der Waals surface area contributed by atoms with Crippen molar-refractivity contribution >= 4 is 23.9 Å². The maximum Gasteiger partial charge on any atom is 0.276 e. The Bertz CT molecular complexity index is 890. The second kappa shape index (κ2) is 7.19. The van der Waals surface area contributed by atoms with Gasteiger partial charge in [-0.05, 0) is 30.2 Å². The molecule has 3 amide bonds. The Hall–Kier alpha value is -3.22. The van der Waals surface area contributed by atoms with Crippen LogP contribution in [0.1, 0.15) is 26.5 Å². The third-order valence-electron chi connectivity index (χ3n) is 5.07. The van der Waals surface area contributed by atoms with E-state index in [1.165, 1.54) is 0 Å². The van der Waals surface area contributed by atoms with Crippen LogP contribution in [-0.4, -0.2) is 65.7 Å². The average molecular weight is 364 g/mol. The molecule has 0 spiro atoms. The Labute approximate surface area is 157 Å². The number of anilines is 1. The van der Waals surface area contributed by atoms with Crippen molar-refractivity contribution in [3.8, 4) is 0 Å². The number of amides is 3. The highest BCUT2D eigenvalue weighted by Crippen LogP contribution is 2.28. The molecule has 0 unspecified atom stereocenters. The highest BCUT2D eigenvalue weighted by atomic mass is 16.2. The van der Waals surface area contributed by atoms with Crippen LogP contribution in [0.5, 0.6) is 0 Å². The van der Waals surface area contributed by atoms with E-state index in [9.17, 15) is 14.4 Å². The number of fused-ring (bicyclic) bond motifs is 1.